The first-order valence-corrected chi connectivity index (χ1v) is 7.02. The molecule has 7 heteroatoms. The molecule has 0 saturated carbocycles. The van der Waals surface area contributed by atoms with Crippen molar-refractivity contribution in [2.24, 2.45) is 0 Å². The van der Waals surface area contributed by atoms with Crippen LogP contribution in [0.25, 0.3) is 0 Å². The lowest BCUT2D eigenvalue weighted by molar-refractivity contribution is -0.138. The maximum absolute atomic E-state index is 12.4. The van der Waals surface area contributed by atoms with Gasteiger partial charge in [0.15, 0.2) is 0 Å². The van der Waals surface area contributed by atoms with E-state index in [1.165, 1.54) is 6.92 Å². The standard InChI is InChI=1S/C13H21N3O4/c1-10(17)14-5-7-15(8-6-14)13(20)16-4-2-3-11(16)9-12(18)19/h11H,2-9H2,1H3,(H,18,19). The lowest BCUT2D eigenvalue weighted by atomic mass is 10.1. The van der Waals surface area contributed by atoms with E-state index in [2.05, 4.69) is 0 Å². The normalized spacial score (nSPS) is 23.1. The Kier molecular flexibility index (Phi) is 4.46. The minimum atomic E-state index is -0.865. The molecule has 1 unspecified atom stereocenters. The molecule has 0 aromatic heterocycles. The van der Waals surface area contributed by atoms with Crippen LogP contribution in [-0.4, -0.2) is 76.5 Å². The molecule has 1 atom stereocenters. The molecule has 112 valence electrons. The van der Waals surface area contributed by atoms with Gasteiger partial charge in [0.25, 0.3) is 0 Å². The van der Waals surface area contributed by atoms with E-state index in [-0.39, 0.29) is 24.4 Å². The average molecular weight is 283 g/mol. The van der Waals surface area contributed by atoms with Crippen LogP contribution in [0.15, 0.2) is 0 Å². The predicted octanol–water partition coefficient (Wildman–Crippen LogP) is 0.210. The van der Waals surface area contributed by atoms with Crippen molar-refractivity contribution in [2.75, 3.05) is 32.7 Å². The fourth-order valence-corrected chi connectivity index (χ4v) is 2.90. The summed E-state index contributed by atoms with van der Waals surface area (Å²) in [5.41, 5.74) is 0. The molecule has 0 bridgehead atoms. The first-order chi connectivity index (χ1) is 9.49. The second-order valence-electron chi connectivity index (χ2n) is 5.36. The van der Waals surface area contributed by atoms with Gasteiger partial charge in [0.1, 0.15) is 0 Å². The second kappa shape index (κ2) is 6.11. The highest BCUT2D eigenvalue weighted by Crippen LogP contribution is 2.22. The molecular formula is C13H21N3O4. The number of carbonyl (C=O) groups is 3. The molecule has 0 spiro atoms. The van der Waals surface area contributed by atoms with E-state index >= 15 is 0 Å². The Bertz CT molecular complexity index is 404. The van der Waals surface area contributed by atoms with Crippen molar-refractivity contribution in [3.8, 4) is 0 Å². The highest BCUT2D eigenvalue weighted by atomic mass is 16.4. The number of urea groups is 1. The summed E-state index contributed by atoms with van der Waals surface area (Å²) >= 11 is 0. The van der Waals surface area contributed by atoms with Crippen LogP contribution in [0.3, 0.4) is 0 Å². The fraction of sp³-hybridized carbons (Fsp3) is 0.769. The van der Waals surface area contributed by atoms with Crippen LogP contribution in [0.2, 0.25) is 0 Å². The summed E-state index contributed by atoms with van der Waals surface area (Å²) in [6, 6.07) is -0.275. The molecule has 2 aliphatic heterocycles. The SMILES string of the molecule is CC(=O)N1CCN(C(=O)N2CCCC2CC(=O)O)CC1. The number of carbonyl (C=O) groups excluding carboxylic acids is 2. The number of carboxylic acids is 1. The number of amides is 3. The van der Waals surface area contributed by atoms with E-state index < -0.39 is 5.97 Å². The second-order valence-corrected chi connectivity index (χ2v) is 5.36. The summed E-state index contributed by atoms with van der Waals surface area (Å²) in [5, 5.41) is 8.88. The smallest absolute Gasteiger partial charge is 0.320 e. The molecule has 2 heterocycles. The van der Waals surface area contributed by atoms with Crippen LogP contribution >= 0.6 is 0 Å². The molecule has 2 aliphatic rings. The van der Waals surface area contributed by atoms with Gasteiger partial charge in [-0.2, -0.15) is 0 Å². The Morgan fingerprint density at radius 1 is 1.05 bits per heavy atom. The lowest BCUT2D eigenvalue weighted by Crippen LogP contribution is -2.54. The van der Waals surface area contributed by atoms with Crippen LogP contribution in [0.5, 0.6) is 0 Å². The number of aliphatic carboxylic acids is 1. The van der Waals surface area contributed by atoms with Crippen LogP contribution in [-0.2, 0) is 9.59 Å². The zero-order valence-electron chi connectivity index (χ0n) is 11.7. The number of rotatable bonds is 2. The molecule has 7 nitrogen and oxygen atoms in total. The van der Waals surface area contributed by atoms with Crippen LogP contribution in [0, 0.1) is 0 Å². The number of likely N-dealkylation sites (tertiary alicyclic amines) is 1. The van der Waals surface area contributed by atoms with Gasteiger partial charge in [0.2, 0.25) is 5.91 Å². The Labute approximate surface area is 118 Å². The molecule has 3 amide bonds. The van der Waals surface area contributed by atoms with Gasteiger partial charge in [-0.05, 0) is 12.8 Å². The Morgan fingerprint density at radius 3 is 2.20 bits per heavy atom. The first-order valence-electron chi connectivity index (χ1n) is 7.02. The van der Waals surface area contributed by atoms with E-state index in [4.69, 9.17) is 5.11 Å². The summed E-state index contributed by atoms with van der Waals surface area (Å²) in [5.74, 6) is -0.835. The molecule has 2 rings (SSSR count). The lowest BCUT2D eigenvalue weighted by Gasteiger charge is -2.37. The van der Waals surface area contributed by atoms with Gasteiger partial charge in [-0.25, -0.2) is 4.79 Å². The molecule has 1 N–H and O–H groups in total. The van der Waals surface area contributed by atoms with E-state index in [1.54, 1.807) is 14.7 Å². The first kappa shape index (κ1) is 14.6. The molecule has 20 heavy (non-hydrogen) atoms. The largest absolute Gasteiger partial charge is 0.481 e. The topological polar surface area (TPSA) is 81.2 Å². The molecule has 2 saturated heterocycles. The number of hydrogen-bond acceptors (Lipinski definition) is 3. The zero-order chi connectivity index (χ0) is 14.7. The minimum Gasteiger partial charge on any atom is -0.481 e. The molecular weight excluding hydrogens is 262 g/mol. The van der Waals surface area contributed by atoms with Crippen molar-refractivity contribution >= 4 is 17.9 Å². The third-order valence-corrected chi connectivity index (χ3v) is 4.03. The van der Waals surface area contributed by atoms with Gasteiger partial charge in [-0.1, -0.05) is 0 Å². The Hall–Kier alpha value is -1.79. The maximum Gasteiger partial charge on any atom is 0.320 e. The van der Waals surface area contributed by atoms with Gasteiger partial charge in [-0.15, -0.1) is 0 Å². The molecule has 0 radical (unpaired) electrons. The van der Waals surface area contributed by atoms with Crippen molar-refractivity contribution in [3.05, 3.63) is 0 Å². The van der Waals surface area contributed by atoms with Crippen LogP contribution < -0.4 is 0 Å². The van der Waals surface area contributed by atoms with Crippen molar-refractivity contribution in [1.29, 1.82) is 0 Å². The summed E-state index contributed by atoms with van der Waals surface area (Å²) in [7, 11) is 0. The van der Waals surface area contributed by atoms with Crippen molar-refractivity contribution in [2.45, 2.75) is 32.2 Å². The quantitative estimate of drug-likeness (QED) is 0.785. The van der Waals surface area contributed by atoms with Gasteiger partial charge >= 0.3 is 12.0 Å². The Morgan fingerprint density at radius 2 is 1.65 bits per heavy atom. The van der Waals surface area contributed by atoms with Crippen LogP contribution in [0.1, 0.15) is 26.2 Å². The predicted molar refractivity (Wildman–Crippen MR) is 71.2 cm³/mol. The van der Waals surface area contributed by atoms with Crippen molar-refractivity contribution in [1.82, 2.24) is 14.7 Å². The van der Waals surface area contributed by atoms with E-state index in [1.807, 2.05) is 0 Å². The van der Waals surface area contributed by atoms with Crippen molar-refractivity contribution in [3.63, 3.8) is 0 Å². The molecule has 0 aromatic carbocycles. The van der Waals surface area contributed by atoms with Gasteiger partial charge < -0.3 is 19.8 Å². The number of hydrogen-bond donors (Lipinski definition) is 1. The third kappa shape index (κ3) is 3.20. The van der Waals surface area contributed by atoms with E-state index in [9.17, 15) is 14.4 Å². The molecule has 2 fully saturated rings. The average Bonchev–Trinajstić information content (AvgIpc) is 2.85. The summed E-state index contributed by atoms with van der Waals surface area (Å²) in [4.78, 5) is 39.6. The van der Waals surface area contributed by atoms with Crippen LogP contribution in [0.4, 0.5) is 4.79 Å². The van der Waals surface area contributed by atoms with E-state index in [0.717, 1.165) is 12.8 Å². The van der Waals surface area contributed by atoms with Crippen molar-refractivity contribution < 1.29 is 19.5 Å². The van der Waals surface area contributed by atoms with Gasteiger partial charge in [0, 0.05) is 45.7 Å². The summed E-state index contributed by atoms with van der Waals surface area (Å²) in [6.45, 7) is 4.31. The van der Waals surface area contributed by atoms with E-state index in [0.29, 0.717) is 32.7 Å². The minimum absolute atomic E-state index is 0.0130. The van der Waals surface area contributed by atoms with Gasteiger partial charge in [-0.3, -0.25) is 9.59 Å². The number of carboxylic acid groups (broad SMARTS) is 1. The zero-order valence-corrected chi connectivity index (χ0v) is 11.7. The highest BCUT2D eigenvalue weighted by Gasteiger charge is 2.34. The third-order valence-electron chi connectivity index (χ3n) is 4.03. The highest BCUT2D eigenvalue weighted by molar-refractivity contribution is 5.77. The number of piperazine rings is 1. The molecule has 0 aromatic rings. The summed E-state index contributed by atoms with van der Waals surface area (Å²) in [6.07, 6.45) is 1.63. The molecule has 0 aliphatic carbocycles. The van der Waals surface area contributed by atoms with Gasteiger partial charge in [0.05, 0.1) is 6.42 Å². The Balaban J connectivity index is 1.91. The fourth-order valence-electron chi connectivity index (χ4n) is 2.90. The number of nitrogens with zero attached hydrogens (tertiary/aromatic N) is 3. The summed E-state index contributed by atoms with van der Waals surface area (Å²) < 4.78 is 0. The maximum atomic E-state index is 12.4. The monoisotopic (exact) mass is 283 g/mol.